The van der Waals surface area contributed by atoms with Crippen LogP contribution in [0.1, 0.15) is 44.9 Å². The fraction of sp³-hybridized carbons (Fsp3) is 0.300. The van der Waals surface area contributed by atoms with E-state index in [1.807, 2.05) is 43.3 Å². The van der Waals surface area contributed by atoms with Crippen LogP contribution in [0, 0.1) is 12.8 Å². The first-order valence-corrected chi connectivity index (χ1v) is 14.1. The van der Waals surface area contributed by atoms with Crippen molar-refractivity contribution in [1.82, 2.24) is 9.88 Å². The number of nitrogens with one attached hydrogen (secondary N) is 1. The molecule has 6 rings (SSSR count). The number of halogens is 3. The molecule has 3 heterocycles. The third-order valence-corrected chi connectivity index (χ3v) is 8.58. The lowest BCUT2D eigenvalue weighted by atomic mass is 9.89. The number of allylic oxidation sites excluding steroid dienone is 4. The number of anilines is 1. The van der Waals surface area contributed by atoms with Crippen molar-refractivity contribution in [3.63, 3.8) is 0 Å². The maximum Gasteiger partial charge on any atom is 0.442 e. The summed E-state index contributed by atoms with van der Waals surface area (Å²) in [5, 5.41) is 9.86. The highest BCUT2D eigenvalue weighted by molar-refractivity contribution is 7.15. The highest BCUT2D eigenvalue weighted by Crippen LogP contribution is 2.52. The lowest BCUT2D eigenvalue weighted by Gasteiger charge is -2.24. The summed E-state index contributed by atoms with van der Waals surface area (Å²) in [6.45, 7) is 2.48. The number of thiazole rings is 1. The minimum absolute atomic E-state index is 0.106. The van der Waals surface area contributed by atoms with Gasteiger partial charge in [-0.1, -0.05) is 30.3 Å². The van der Waals surface area contributed by atoms with E-state index in [1.54, 1.807) is 12.0 Å². The van der Waals surface area contributed by atoms with E-state index in [0.717, 1.165) is 39.6 Å². The molecule has 1 fully saturated rings. The Bertz CT molecular complexity index is 1640. The molecule has 0 bridgehead atoms. The molecule has 12 heteroatoms. The zero-order valence-corrected chi connectivity index (χ0v) is 23.6. The summed E-state index contributed by atoms with van der Waals surface area (Å²) < 4.78 is 45.1. The van der Waals surface area contributed by atoms with E-state index >= 15 is 0 Å². The van der Waals surface area contributed by atoms with Crippen molar-refractivity contribution in [1.29, 1.82) is 0 Å². The number of ether oxygens (including phenoxy) is 1. The van der Waals surface area contributed by atoms with Gasteiger partial charge in [0, 0.05) is 34.2 Å². The van der Waals surface area contributed by atoms with Crippen molar-refractivity contribution in [3.05, 3.63) is 93.6 Å². The van der Waals surface area contributed by atoms with Gasteiger partial charge in [-0.25, -0.2) is 4.98 Å². The Morgan fingerprint density at radius 2 is 1.81 bits per heavy atom. The van der Waals surface area contributed by atoms with Crippen LogP contribution in [0.15, 0.2) is 76.6 Å². The molecule has 2 amide bonds. The fourth-order valence-corrected chi connectivity index (χ4v) is 6.28. The van der Waals surface area contributed by atoms with E-state index in [1.165, 1.54) is 35.6 Å². The van der Waals surface area contributed by atoms with Gasteiger partial charge in [-0.05, 0) is 61.2 Å². The molecule has 0 spiro atoms. The zero-order valence-electron chi connectivity index (χ0n) is 22.7. The first-order valence-electron chi connectivity index (χ1n) is 13.3. The molecular weight excluding hydrogens is 567 g/mol. The van der Waals surface area contributed by atoms with Crippen molar-refractivity contribution < 1.29 is 27.5 Å². The van der Waals surface area contributed by atoms with Gasteiger partial charge in [0.25, 0.3) is 5.91 Å². The van der Waals surface area contributed by atoms with E-state index in [-0.39, 0.29) is 29.7 Å². The monoisotopic (exact) mass is 593 g/mol. The molecule has 1 aliphatic carbocycles. The van der Waals surface area contributed by atoms with Crippen LogP contribution in [-0.2, 0) is 16.9 Å². The molecule has 42 heavy (non-hydrogen) atoms. The summed E-state index contributed by atoms with van der Waals surface area (Å²) in [6.07, 6.45) is 0.928. The Kier molecular flexibility index (Phi) is 6.96. The summed E-state index contributed by atoms with van der Waals surface area (Å²) in [5.41, 5.74) is 1.29. The topological polar surface area (TPSA) is 96.2 Å². The summed E-state index contributed by atoms with van der Waals surface area (Å²) in [6, 6.07) is 12.6. The Balaban J connectivity index is 1.13. The largest absolute Gasteiger partial charge is 0.497 e. The summed E-state index contributed by atoms with van der Waals surface area (Å²) in [5.74, 6) is 0.419. The molecule has 8 nitrogen and oxygen atoms in total. The molecule has 216 valence electrons. The maximum atomic E-state index is 13.3. The normalized spacial score (nSPS) is 18.7. The standard InChI is InChI=1S/C30H26F3N5O3S/c1-17-26(35-28(42-17)34-25(39)15-18-3-10-23(41-2)11-4-18)21-7-12-24-20(16-21)13-14-38(24)27(40)19-5-8-22(9-6-19)29(36-37-29)30(31,32)33/h3-12,20H,13-16H2,1-2H3,(H,34,35,39). The number of hydrogen-bond donors (Lipinski definition) is 1. The first-order chi connectivity index (χ1) is 20.1. The number of methoxy groups -OCH3 is 1. The molecule has 0 saturated carbocycles. The average molecular weight is 594 g/mol. The number of aromatic nitrogens is 1. The van der Waals surface area contributed by atoms with Gasteiger partial charge < -0.3 is 15.0 Å². The third kappa shape index (κ3) is 5.11. The minimum atomic E-state index is -4.61. The SMILES string of the molecule is COc1ccc(CC(=O)Nc2nc(C3=CC=C4C(CCN4C(=O)c4ccc(C5(C(F)(F)F)N=N5)cc4)C3)c(C)s2)cc1. The molecule has 3 aliphatic rings. The van der Waals surface area contributed by atoms with Crippen molar-refractivity contribution in [2.75, 3.05) is 19.0 Å². The van der Waals surface area contributed by atoms with Crippen LogP contribution in [0.25, 0.3) is 5.57 Å². The van der Waals surface area contributed by atoms with Gasteiger partial charge >= 0.3 is 11.8 Å². The summed E-state index contributed by atoms with van der Waals surface area (Å²) in [4.78, 5) is 33.3. The van der Waals surface area contributed by atoms with Gasteiger partial charge in [0.1, 0.15) is 5.75 Å². The van der Waals surface area contributed by atoms with Crippen molar-refractivity contribution >= 4 is 33.9 Å². The number of fused-ring (bicyclic) bond motifs is 1. The van der Waals surface area contributed by atoms with Crippen LogP contribution in [0.4, 0.5) is 18.3 Å². The number of likely N-dealkylation sites (tertiary alicyclic amines) is 1. The molecule has 1 aromatic heterocycles. The molecule has 2 aliphatic heterocycles. The van der Waals surface area contributed by atoms with Gasteiger partial charge in [0.15, 0.2) is 5.13 Å². The van der Waals surface area contributed by atoms with Gasteiger partial charge in [0.05, 0.1) is 19.2 Å². The predicted molar refractivity (Wildman–Crippen MR) is 151 cm³/mol. The number of hydrogen-bond acceptors (Lipinski definition) is 7. The molecule has 1 atom stereocenters. The van der Waals surface area contributed by atoms with Crippen LogP contribution in [0.2, 0.25) is 0 Å². The first kappa shape index (κ1) is 27.8. The maximum absolute atomic E-state index is 13.3. The predicted octanol–water partition coefficient (Wildman–Crippen LogP) is 6.66. The second-order valence-corrected chi connectivity index (χ2v) is 11.6. The highest BCUT2D eigenvalue weighted by Gasteiger charge is 2.65. The molecule has 1 N–H and O–H groups in total. The molecule has 1 saturated heterocycles. The van der Waals surface area contributed by atoms with Crippen molar-refractivity contribution in [3.8, 4) is 5.75 Å². The van der Waals surface area contributed by atoms with Gasteiger partial charge in [-0.15, -0.1) is 21.6 Å². The van der Waals surface area contributed by atoms with Crippen molar-refractivity contribution in [2.45, 2.75) is 38.0 Å². The smallest absolute Gasteiger partial charge is 0.442 e. The van der Waals surface area contributed by atoms with E-state index in [4.69, 9.17) is 9.72 Å². The Hall–Kier alpha value is -4.32. The van der Waals surface area contributed by atoms with E-state index in [9.17, 15) is 22.8 Å². The van der Waals surface area contributed by atoms with Crippen LogP contribution in [0.3, 0.4) is 0 Å². The van der Waals surface area contributed by atoms with Crippen LogP contribution in [-0.4, -0.2) is 41.5 Å². The van der Waals surface area contributed by atoms with Crippen LogP contribution >= 0.6 is 11.3 Å². The number of nitrogens with zero attached hydrogens (tertiary/aromatic N) is 4. The number of carbonyl (C=O) groups is 2. The second-order valence-electron chi connectivity index (χ2n) is 10.4. The molecule has 3 aromatic rings. The Labute approximate surface area is 243 Å². The number of amides is 2. The molecule has 2 aromatic carbocycles. The lowest BCUT2D eigenvalue weighted by Crippen LogP contribution is -2.30. The lowest BCUT2D eigenvalue weighted by molar-refractivity contribution is -0.166. The van der Waals surface area contributed by atoms with E-state index in [0.29, 0.717) is 23.7 Å². The van der Waals surface area contributed by atoms with E-state index < -0.39 is 11.8 Å². The quantitative estimate of drug-likeness (QED) is 0.332. The van der Waals surface area contributed by atoms with Crippen LogP contribution in [0.5, 0.6) is 5.75 Å². The molecule has 1 unspecified atom stereocenters. The van der Waals surface area contributed by atoms with Gasteiger partial charge in [-0.2, -0.15) is 13.2 Å². The van der Waals surface area contributed by atoms with Crippen LogP contribution < -0.4 is 10.1 Å². The third-order valence-electron chi connectivity index (χ3n) is 7.70. The van der Waals surface area contributed by atoms with E-state index in [2.05, 4.69) is 15.5 Å². The number of aryl methyl sites for hydroxylation is 1. The average Bonchev–Trinajstić information content (AvgIpc) is 3.58. The van der Waals surface area contributed by atoms with Crippen molar-refractivity contribution in [2.24, 2.45) is 16.1 Å². The van der Waals surface area contributed by atoms with Gasteiger partial charge in [-0.3, -0.25) is 9.59 Å². The minimum Gasteiger partial charge on any atom is -0.497 e. The Morgan fingerprint density at radius 1 is 1.10 bits per heavy atom. The number of alkyl halides is 3. The number of carbonyl (C=O) groups excluding carboxylic acids is 2. The molecular formula is C30H26F3N5O3S. The fourth-order valence-electron chi connectivity index (χ4n) is 5.41. The number of rotatable bonds is 7. The van der Waals surface area contributed by atoms with Gasteiger partial charge in [0.2, 0.25) is 5.91 Å². The summed E-state index contributed by atoms with van der Waals surface area (Å²) in [7, 11) is 1.59. The summed E-state index contributed by atoms with van der Waals surface area (Å²) >= 11 is 1.42. The zero-order chi connectivity index (χ0) is 29.6. The number of benzene rings is 2. The highest BCUT2D eigenvalue weighted by atomic mass is 32.1. The Morgan fingerprint density at radius 3 is 2.45 bits per heavy atom. The molecule has 0 radical (unpaired) electrons. The second kappa shape index (κ2) is 10.5.